The van der Waals surface area contributed by atoms with E-state index in [9.17, 15) is 4.57 Å². The van der Waals surface area contributed by atoms with E-state index in [0.29, 0.717) is 5.69 Å². The quantitative estimate of drug-likeness (QED) is 0.630. The van der Waals surface area contributed by atoms with Crippen LogP contribution in [-0.4, -0.2) is 4.89 Å². The van der Waals surface area contributed by atoms with Crippen molar-refractivity contribution in [3.63, 3.8) is 0 Å². The summed E-state index contributed by atoms with van der Waals surface area (Å²) in [4.78, 5) is 8.20. The molecule has 0 aliphatic heterocycles. The number of rotatable bonds is 2. The Hall–Kier alpha value is -1.06. The van der Waals surface area contributed by atoms with Crippen LogP contribution in [-0.2, 0) is 4.57 Å². The number of hydrogen-bond acceptors (Lipinski definition) is 4. The van der Waals surface area contributed by atoms with Crippen LogP contribution in [0.25, 0.3) is 0 Å². The van der Waals surface area contributed by atoms with Crippen LogP contribution in [0, 0.1) is 0 Å². The average molecular weight is 162 g/mol. The normalized spacial score (nSPS) is 11.1. The first-order valence-electron chi connectivity index (χ1n) is 2.36. The van der Waals surface area contributed by atoms with E-state index in [1.807, 2.05) is 0 Å². The monoisotopic (exact) mass is 162 g/mol. The van der Waals surface area contributed by atoms with Crippen LogP contribution < -0.4 is 10.3 Å². The third-order valence-corrected chi connectivity index (χ3v) is 1.10. The van der Waals surface area contributed by atoms with Gasteiger partial charge in [-0.1, -0.05) is 0 Å². The molecule has 0 amide bonds. The summed E-state index contributed by atoms with van der Waals surface area (Å²) in [5, 5.41) is 0. The van der Waals surface area contributed by atoms with Crippen LogP contribution >= 0.6 is 8.25 Å². The zero-order valence-corrected chi connectivity index (χ0v) is 5.75. The molecule has 0 aromatic carbocycles. The largest absolute Gasteiger partial charge is 0.750 e. The van der Waals surface area contributed by atoms with Gasteiger partial charge in [0.2, 0.25) is 0 Å². The molecule has 1 heterocycles. The third-order valence-electron chi connectivity index (χ3n) is 0.764. The smallest absolute Gasteiger partial charge is 0.429 e. The fourth-order valence-corrected chi connectivity index (χ4v) is 0.705. The van der Waals surface area contributed by atoms with E-state index in [0.717, 1.165) is 0 Å². The molecule has 1 rings (SSSR count). The second-order valence-corrected chi connectivity index (χ2v) is 2.19. The lowest BCUT2D eigenvalue weighted by Gasteiger charge is -1.76. The van der Waals surface area contributed by atoms with Gasteiger partial charge in [0.25, 0.3) is 0 Å². The topological polar surface area (TPSA) is 85.7 Å². The number of nitrogens with two attached hydrogens (primary N) is 1. The summed E-state index contributed by atoms with van der Waals surface area (Å²) in [6.45, 7) is 0. The molecule has 0 aliphatic carbocycles. The van der Waals surface area contributed by atoms with Crippen molar-refractivity contribution in [3.8, 4) is 5.95 Å². The predicted molar refractivity (Wildman–Crippen MR) is 33.6 cm³/mol. The lowest BCUT2D eigenvalue weighted by molar-refractivity contribution is 0.347. The van der Waals surface area contributed by atoms with Gasteiger partial charge in [-0.15, -0.1) is 4.89 Å². The second kappa shape index (κ2) is 2.68. The molecule has 5 nitrogen and oxygen atoms in total. The molecule has 0 saturated heterocycles. The molecule has 10 heavy (non-hydrogen) atoms. The van der Waals surface area contributed by atoms with E-state index >= 15 is 0 Å². The Bertz CT molecular complexity index is 245. The zero-order chi connectivity index (χ0) is 7.56. The van der Waals surface area contributed by atoms with E-state index in [2.05, 4.69) is 8.94 Å². The highest BCUT2D eigenvalue weighted by Crippen LogP contribution is 2.25. The lowest BCUT2D eigenvalue weighted by atomic mass is 10.6. The fourth-order valence-electron chi connectivity index (χ4n) is 0.455. The molecule has 6 heteroatoms. The maximum Gasteiger partial charge on any atom is 0.750 e. The van der Waals surface area contributed by atoms with Crippen molar-refractivity contribution < 1.29 is 18.4 Å². The van der Waals surface area contributed by atoms with Crippen LogP contribution in [0.5, 0.6) is 5.95 Å². The Morgan fingerprint density at radius 1 is 1.80 bits per heavy atom. The van der Waals surface area contributed by atoms with Gasteiger partial charge in [-0.25, -0.2) is 0 Å². The van der Waals surface area contributed by atoms with Crippen molar-refractivity contribution in [2.24, 2.45) is 0 Å². The number of nitrogen functional groups attached to an aromatic ring is 1. The Morgan fingerprint density at radius 2 is 2.50 bits per heavy atom. The first kappa shape index (κ1) is 7.05. The van der Waals surface area contributed by atoms with E-state index in [4.69, 9.17) is 10.6 Å². The SMILES string of the molecule is Nc1coc(O[P+](=O)O)c1. The molecule has 0 aliphatic rings. The molecule has 1 unspecified atom stereocenters. The van der Waals surface area contributed by atoms with Crippen molar-refractivity contribution >= 4 is 13.9 Å². The molecule has 0 fully saturated rings. The summed E-state index contributed by atoms with van der Waals surface area (Å²) < 4.78 is 18.8. The van der Waals surface area contributed by atoms with E-state index < -0.39 is 8.25 Å². The van der Waals surface area contributed by atoms with Crippen molar-refractivity contribution in [1.29, 1.82) is 0 Å². The molecule has 3 N–H and O–H groups in total. The van der Waals surface area contributed by atoms with Crippen LogP contribution in [0.4, 0.5) is 5.69 Å². The number of furan rings is 1. The van der Waals surface area contributed by atoms with Gasteiger partial charge < -0.3 is 10.2 Å². The van der Waals surface area contributed by atoms with Gasteiger partial charge in [0.1, 0.15) is 6.26 Å². The Labute approximate surface area is 57.4 Å². The molecule has 1 aromatic heterocycles. The molecule has 0 spiro atoms. The second-order valence-electron chi connectivity index (χ2n) is 1.53. The first-order chi connectivity index (χ1) is 4.68. The molecule has 0 saturated carbocycles. The third kappa shape index (κ3) is 1.72. The number of hydrogen-bond donors (Lipinski definition) is 2. The van der Waals surface area contributed by atoms with E-state index in [1.54, 1.807) is 0 Å². The number of anilines is 1. The van der Waals surface area contributed by atoms with Gasteiger partial charge in [0.05, 0.1) is 11.8 Å². The minimum Gasteiger partial charge on any atom is -0.429 e. The van der Waals surface area contributed by atoms with Crippen molar-refractivity contribution in [2.75, 3.05) is 5.73 Å². The van der Waals surface area contributed by atoms with Crippen LogP contribution in [0.2, 0.25) is 0 Å². The van der Waals surface area contributed by atoms with Crippen LogP contribution in [0.15, 0.2) is 16.7 Å². The summed E-state index contributed by atoms with van der Waals surface area (Å²) in [5.41, 5.74) is 5.56. The molecule has 54 valence electrons. The standard InChI is InChI=1S/C4H4NO4P/c5-3-1-4(8-2-3)9-10(6)7/h1-2H,5H2/p+1. The minimum absolute atomic E-state index is 0.0545. The minimum atomic E-state index is -2.66. The van der Waals surface area contributed by atoms with Crippen LogP contribution in [0.1, 0.15) is 0 Å². The summed E-state index contributed by atoms with van der Waals surface area (Å²) in [6, 6.07) is 1.31. The summed E-state index contributed by atoms with van der Waals surface area (Å²) in [6.07, 6.45) is 1.22. The average Bonchev–Trinajstić information content (AvgIpc) is 2.13. The summed E-state index contributed by atoms with van der Waals surface area (Å²) in [7, 11) is -2.66. The van der Waals surface area contributed by atoms with Gasteiger partial charge in [0, 0.05) is 4.57 Å². The molecular formula is C4H5NO4P+. The van der Waals surface area contributed by atoms with Crippen molar-refractivity contribution in [3.05, 3.63) is 12.3 Å². The molecule has 1 aromatic rings. The van der Waals surface area contributed by atoms with Gasteiger partial charge in [0.15, 0.2) is 0 Å². The Morgan fingerprint density at radius 3 is 2.90 bits per heavy atom. The highest BCUT2D eigenvalue weighted by Gasteiger charge is 2.16. The predicted octanol–water partition coefficient (Wildman–Crippen LogP) is 0.890. The van der Waals surface area contributed by atoms with Crippen molar-refractivity contribution in [2.45, 2.75) is 0 Å². The van der Waals surface area contributed by atoms with E-state index in [1.165, 1.54) is 12.3 Å². The first-order valence-corrected chi connectivity index (χ1v) is 3.49. The van der Waals surface area contributed by atoms with Gasteiger partial charge in [-0.05, 0) is 0 Å². The molecule has 1 atom stereocenters. The summed E-state index contributed by atoms with van der Waals surface area (Å²) >= 11 is 0. The maximum absolute atomic E-state index is 10.0. The Kier molecular flexibility index (Phi) is 1.89. The maximum atomic E-state index is 10.0. The molecular weight excluding hydrogens is 157 g/mol. The van der Waals surface area contributed by atoms with Gasteiger partial charge in [-0.2, -0.15) is 4.52 Å². The molecule has 0 radical (unpaired) electrons. The Balaban J connectivity index is 2.67. The zero-order valence-electron chi connectivity index (χ0n) is 4.85. The lowest BCUT2D eigenvalue weighted by Crippen LogP contribution is -1.77. The van der Waals surface area contributed by atoms with Crippen LogP contribution in [0.3, 0.4) is 0 Å². The molecule has 0 bridgehead atoms. The van der Waals surface area contributed by atoms with Gasteiger partial charge in [-0.3, -0.25) is 0 Å². The van der Waals surface area contributed by atoms with E-state index in [-0.39, 0.29) is 5.95 Å². The highest BCUT2D eigenvalue weighted by molar-refractivity contribution is 7.32. The highest BCUT2D eigenvalue weighted by atomic mass is 31.1. The van der Waals surface area contributed by atoms with Gasteiger partial charge >= 0.3 is 14.2 Å². The van der Waals surface area contributed by atoms with Crippen molar-refractivity contribution in [1.82, 2.24) is 0 Å². The summed E-state index contributed by atoms with van der Waals surface area (Å²) in [5.74, 6) is -0.0545. The fraction of sp³-hybridized carbons (Fsp3) is 0.